The first-order valence-corrected chi connectivity index (χ1v) is 8.58. The molecule has 1 saturated heterocycles. The Bertz CT molecular complexity index is 714. The van der Waals surface area contributed by atoms with Gasteiger partial charge in [0.05, 0.1) is 18.2 Å². The second-order valence-corrected chi connectivity index (χ2v) is 6.69. The molecule has 0 spiro atoms. The zero-order valence-corrected chi connectivity index (χ0v) is 14.5. The minimum absolute atomic E-state index is 0.0594. The van der Waals surface area contributed by atoms with Gasteiger partial charge in [-0.15, -0.1) is 0 Å². The van der Waals surface area contributed by atoms with Gasteiger partial charge in [0.25, 0.3) is 0 Å². The Balaban J connectivity index is 1.56. The molecule has 25 heavy (non-hydrogen) atoms. The van der Waals surface area contributed by atoms with E-state index in [0.717, 1.165) is 29.7 Å². The highest BCUT2D eigenvalue weighted by molar-refractivity contribution is 5.79. The molecule has 1 aromatic carbocycles. The lowest BCUT2D eigenvalue weighted by Gasteiger charge is -2.34. The summed E-state index contributed by atoms with van der Waals surface area (Å²) >= 11 is 0. The van der Waals surface area contributed by atoms with Gasteiger partial charge in [-0.2, -0.15) is 0 Å². The standard InChI is InChI=1S/C19H23FN2O3/c1-12-17(13(2)25-21-12)11-18(23)22-9-7-15(8-10-22)19(24)14-3-5-16(20)6-4-14/h3-6,15,19,24H,7-11H2,1-2H3/t19-/m1/s1. The highest BCUT2D eigenvalue weighted by Crippen LogP contribution is 2.31. The van der Waals surface area contributed by atoms with E-state index in [1.54, 1.807) is 12.1 Å². The summed E-state index contributed by atoms with van der Waals surface area (Å²) in [5, 5.41) is 14.4. The summed E-state index contributed by atoms with van der Waals surface area (Å²) in [6.07, 6.45) is 1.13. The molecule has 134 valence electrons. The van der Waals surface area contributed by atoms with E-state index in [-0.39, 0.29) is 17.6 Å². The predicted octanol–water partition coefficient (Wildman–Crippen LogP) is 2.95. The Morgan fingerprint density at radius 1 is 1.32 bits per heavy atom. The van der Waals surface area contributed by atoms with Crippen LogP contribution in [0.5, 0.6) is 0 Å². The van der Waals surface area contributed by atoms with Gasteiger partial charge in [0, 0.05) is 18.7 Å². The van der Waals surface area contributed by atoms with Crippen LogP contribution in [0.2, 0.25) is 0 Å². The molecule has 1 aliphatic rings. The zero-order chi connectivity index (χ0) is 18.0. The number of hydrogen-bond acceptors (Lipinski definition) is 4. The van der Waals surface area contributed by atoms with E-state index < -0.39 is 6.10 Å². The Labute approximate surface area is 146 Å². The van der Waals surface area contributed by atoms with Crippen LogP contribution in [-0.2, 0) is 11.2 Å². The number of amides is 1. The minimum atomic E-state index is -0.625. The molecule has 2 aromatic rings. The molecule has 1 fully saturated rings. The van der Waals surface area contributed by atoms with E-state index in [0.29, 0.717) is 25.3 Å². The summed E-state index contributed by atoms with van der Waals surface area (Å²) in [7, 11) is 0. The van der Waals surface area contributed by atoms with Crippen molar-refractivity contribution in [3.8, 4) is 0 Å². The van der Waals surface area contributed by atoms with E-state index in [2.05, 4.69) is 5.16 Å². The van der Waals surface area contributed by atoms with Crippen molar-refractivity contribution in [1.82, 2.24) is 10.1 Å². The van der Waals surface area contributed by atoms with E-state index in [1.807, 2.05) is 18.7 Å². The Morgan fingerprint density at radius 3 is 2.52 bits per heavy atom. The maximum atomic E-state index is 13.0. The molecule has 1 atom stereocenters. The molecule has 1 aliphatic heterocycles. The summed E-state index contributed by atoms with van der Waals surface area (Å²) in [6.45, 7) is 4.88. The summed E-state index contributed by atoms with van der Waals surface area (Å²) in [5.74, 6) is 0.515. The van der Waals surface area contributed by atoms with Gasteiger partial charge >= 0.3 is 0 Å². The number of hydrogen-bond donors (Lipinski definition) is 1. The Kier molecular flexibility index (Phi) is 5.18. The lowest BCUT2D eigenvalue weighted by Crippen LogP contribution is -2.40. The molecule has 0 unspecified atom stereocenters. The van der Waals surface area contributed by atoms with Crippen LogP contribution in [0.25, 0.3) is 0 Å². The van der Waals surface area contributed by atoms with Gasteiger partial charge in [0.1, 0.15) is 11.6 Å². The summed E-state index contributed by atoms with van der Waals surface area (Å²) in [6, 6.07) is 5.96. The average molecular weight is 346 g/mol. The number of aromatic nitrogens is 1. The van der Waals surface area contributed by atoms with Gasteiger partial charge < -0.3 is 14.5 Å². The molecular formula is C19H23FN2O3. The first-order chi connectivity index (χ1) is 12.0. The molecule has 3 rings (SSSR count). The molecular weight excluding hydrogens is 323 g/mol. The predicted molar refractivity (Wildman–Crippen MR) is 90.3 cm³/mol. The summed E-state index contributed by atoms with van der Waals surface area (Å²) < 4.78 is 18.1. The average Bonchev–Trinajstić information content (AvgIpc) is 2.94. The van der Waals surface area contributed by atoms with Crippen molar-refractivity contribution < 1.29 is 18.8 Å². The third-order valence-corrected chi connectivity index (χ3v) is 5.06. The van der Waals surface area contributed by atoms with Crippen molar-refractivity contribution in [2.75, 3.05) is 13.1 Å². The van der Waals surface area contributed by atoms with E-state index in [9.17, 15) is 14.3 Å². The van der Waals surface area contributed by atoms with Crippen molar-refractivity contribution in [3.63, 3.8) is 0 Å². The number of likely N-dealkylation sites (tertiary alicyclic amines) is 1. The molecule has 1 aromatic heterocycles. The number of carbonyl (C=O) groups is 1. The number of carbonyl (C=O) groups excluding carboxylic acids is 1. The molecule has 0 bridgehead atoms. The fourth-order valence-electron chi connectivity index (χ4n) is 3.41. The molecule has 1 N–H and O–H groups in total. The molecule has 2 heterocycles. The number of nitrogens with zero attached hydrogens (tertiary/aromatic N) is 2. The highest BCUT2D eigenvalue weighted by atomic mass is 19.1. The van der Waals surface area contributed by atoms with E-state index >= 15 is 0 Å². The molecule has 0 aliphatic carbocycles. The number of aryl methyl sites for hydroxylation is 2. The first kappa shape index (κ1) is 17.6. The molecule has 5 nitrogen and oxygen atoms in total. The normalized spacial score (nSPS) is 16.9. The van der Waals surface area contributed by atoms with Crippen LogP contribution in [0.15, 0.2) is 28.8 Å². The van der Waals surface area contributed by atoms with Crippen LogP contribution in [0, 0.1) is 25.6 Å². The van der Waals surface area contributed by atoms with Gasteiger partial charge in [0.2, 0.25) is 5.91 Å². The monoisotopic (exact) mass is 346 g/mol. The van der Waals surface area contributed by atoms with Crippen molar-refractivity contribution in [2.24, 2.45) is 5.92 Å². The van der Waals surface area contributed by atoms with Crippen LogP contribution in [0.1, 0.15) is 41.5 Å². The van der Waals surface area contributed by atoms with Crippen LogP contribution in [-0.4, -0.2) is 34.2 Å². The lowest BCUT2D eigenvalue weighted by molar-refractivity contribution is -0.132. The second kappa shape index (κ2) is 7.35. The van der Waals surface area contributed by atoms with Gasteiger partial charge in [-0.3, -0.25) is 4.79 Å². The van der Waals surface area contributed by atoms with Crippen LogP contribution in [0.4, 0.5) is 4.39 Å². The molecule has 0 radical (unpaired) electrons. The summed E-state index contributed by atoms with van der Waals surface area (Å²) in [5.41, 5.74) is 2.34. The largest absolute Gasteiger partial charge is 0.388 e. The molecule has 0 saturated carbocycles. The van der Waals surface area contributed by atoms with Gasteiger partial charge in [-0.25, -0.2) is 4.39 Å². The SMILES string of the molecule is Cc1noc(C)c1CC(=O)N1CCC([C@H](O)c2ccc(F)cc2)CC1. The number of rotatable bonds is 4. The smallest absolute Gasteiger partial charge is 0.227 e. The van der Waals surface area contributed by atoms with E-state index in [4.69, 9.17) is 4.52 Å². The van der Waals surface area contributed by atoms with Crippen molar-refractivity contribution in [1.29, 1.82) is 0 Å². The zero-order valence-electron chi connectivity index (χ0n) is 14.5. The second-order valence-electron chi connectivity index (χ2n) is 6.69. The van der Waals surface area contributed by atoms with Crippen LogP contribution in [0.3, 0.4) is 0 Å². The number of aliphatic hydroxyl groups excluding tert-OH is 1. The first-order valence-electron chi connectivity index (χ1n) is 8.58. The van der Waals surface area contributed by atoms with Crippen molar-refractivity contribution >= 4 is 5.91 Å². The Hall–Kier alpha value is -2.21. The van der Waals surface area contributed by atoms with E-state index in [1.165, 1.54) is 12.1 Å². The molecule has 6 heteroatoms. The molecule has 1 amide bonds. The van der Waals surface area contributed by atoms with Crippen molar-refractivity contribution in [3.05, 3.63) is 52.7 Å². The van der Waals surface area contributed by atoms with Gasteiger partial charge in [0.15, 0.2) is 0 Å². The maximum absolute atomic E-state index is 13.0. The third-order valence-electron chi connectivity index (χ3n) is 5.06. The quantitative estimate of drug-likeness (QED) is 0.924. The van der Waals surface area contributed by atoms with Crippen LogP contribution >= 0.6 is 0 Å². The highest BCUT2D eigenvalue weighted by Gasteiger charge is 2.29. The number of aliphatic hydroxyl groups is 1. The topological polar surface area (TPSA) is 66.6 Å². The maximum Gasteiger partial charge on any atom is 0.227 e. The fourth-order valence-corrected chi connectivity index (χ4v) is 3.41. The van der Waals surface area contributed by atoms with Gasteiger partial charge in [-0.1, -0.05) is 17.3 Å². The Morgan fingerprint density at radius 2 is 1.96 bits per heavy atom. The fraction of sp³-hybridized carbons (Fsp3) is 0.474. The van der Waals surface area contributed by atoms with Crippen molar-refractivity contribution in [2.45, 2.75) is 39.2 Å². The minimum Gasteiger partial charge on any atom is -0.388 e. The number of benzene rings is 1. The number of piperidine rings is 1. The lowest BCUT2D eigenvalue weighted by atomic mass is 9.87. The van der Waals surface area contributed by atoms with Crippen LogP contribution < -0.4 is 0 Å². The summed E-state index contributed by atoms with van der Waals surface area (Å²) in [4.78, 5) is 14.3. The van der Waals surface area contributed by atoms with Gasteiger partial charge in [-0.05, 0) is 50.3 Å². The third kappa shape index (κ3) is 3.90. The number of halogens is 1.